The number of hydrogen-bond donors (Lipinski definition) is 0. The SMILES string of the molecule is O=C1CCO[C@H]2CN(CCCOc3ccccc3)C[C@@H]2N1Cc1ccccc1. The monoisotopic (exact) mass is 380 g/mol. The van der Waals surface area contributed by atoms with Gasteiger partial charge in [0.05, 0.1) is 31.8 Å². The second-order valence-corrected chi connectivity index (χ2v) is 7.51. The van der Waals surface area contributed by atoms with E-state index in [1.54, 1.807) is 0 Å². The van der Waals surface area contributed by atoms with E-state index in [0.29, 0.717) is 26.2 Å². The summed E-state index contributed by atoms with van der Waals surface area (Å²) >= 11 is 0. The summed E-state index contributed by atoms with van der Waals surface area (Å²) in [5.41, 5.74) is 1.17. The molecule has 28 heavy (non-hydrogen) atoms. The first-order chi connectivity index (χ1) is 13.8. The average molecular weight is 380 g/mol. The van der Waals surface area contributed by atoms with Crippen LogP contribution < -0.4 is 4.74 Å². The van der Waals surface area contributed by atoms with Crippen molar-refractivity contribution in [2.75, 3.05) is 32.8 Å². The van der Waals surface area contributed by atoms with E-state index in [0.717, 1.165) is 31.8 Å². The Morgan fingerprint density at radius 1 is 1.00 bits per heavy atom. The summed E-state index contributed by atoms with van der Waals surface area (Å²) in [6, 6.07) is 20.3. The number of carbonyl (C=O) groups excluding carboxylic acids is 1. The van der Waals surface area contributed by atoms with Gasteiger partial charge in [0.25, 0.3) is 0 Å². The second kappa shape index (κ2) is 9.22. The van der Waals surface area contributed by atoms with Crippen LogP contribution in [0.1, 0.15) is 18.4 Å². The van der Waals surface area contributed by atoms with E-state index in [2.05, 4.69) is 17.0 Å². The molecule has 2 heterocycles. The number of carbonyl (C=O) groups is 1. The van der Waals surface area contributed by atoms with Crippen molar-refractivity contribution in [1.29, 1.82) is 0 Å². The standard InChI is InChI=1S/C23H28N2O3/c26-23-12-15-28-22-18-24(13-7-14-27-20-10-5-2-6-11-20)17-21(22)25(23)16-19-8-3-1-4-9-19/h1-6,8-11,21-22H,7,12-18H2/t21-,22-/m0/s1. The molecule has 0 aliphatic carbocycles. The second-order valence-electron chi connectivity index (χ2n) is 7.51. The molecule has 2 atom stereocenters. The third-order valence-corrected chi connectivity index (χ3v) is 5.51. The highest BCUT2D eigenvalue weighted by molar-refractivity contribution is 5.77. The Bertz CT molecular complexity index is 753. The van der Waals surface area contributed by atoms with Crippen LogP contribution in [0.3, 0.4) is 0 Å². The molecule has 2 aromatic rings. The molecule has 5 heteroatoms. The van der Waals surface area contributed by atoms with Gasteiger partial charge in [-0.3, -0.25) is 9.69 Å². The molecule has 0 N–H and O–H groups in total. The zero-order chi connectivity index (χ0) is 19.2. The number of benzene rings is 2. The first kappa shape index (κ1) is 19.0. The van der Waals surface area contributed by atoms with Crippen molar-refractivity contribution < 1.29 is 14.3 Å². The van der Waals surface area contributed by atoms with Crippen LogP contribution in [0.4, 0.5) is 0 Å². The van der Waals surface area contributed by atoms with Gasteiger partial charge >= 0.3 is 0 Å². The zero-order valence-electron chi connectivity index (χ0n) is 16.2. The van der Waals surface area contributed by atoms with E-state index in [1.807, 2.05) is 53.4 Å². The third-order valence-electron chi connectivity index (χ3n) is 5.51. The lowest BCUT2D eigenvalue weighted by Gasteiger charge is -2.30. The maximum absolute atomic E-state index is 12.7. The van der Waals surface area contributed by atoms with Crippen LogP contribution >= 0.6 is 0 Å². The van der Waals surface area contributed by atoms with Crippen molar-refractivity contribution in [2.45, 2.75) is 31.5 Å². The molecule has 0 unspecified atom stereocenters. The highest BCUT2D eigenvalue weighted by atomic mass is 16.5. The Kier molecular flexibility index (Phi) is 6.24. The molecule has 1 amide bonds. The van der Waals surface area contributed by atoms with Crippen molar-refractivity contribution in [3.05, 3.63) is 66.2 Å². The molecule has 0 radical (unpaired) electrons. The molecule has 0 aromatic heterocycles. The molecule has 0 bridgehead atoms. The minimum atomic E-state index is 0.102. The topological polar surface area (TPSA) is 42.0 Å². The van der Waals surface area contributed by atoms with Gasteiger partial charge in [0, 0.05) is 26.2 Å². The molecular weight excluding hydrogens is 352 g/mol. The Balaban J connectivity index is 1.32. The van der Waals surface area contributed by atoms with Crippen LogP contribution in [0.5, 0.6) is 5.75 Å². The highest BCUT2D eigenvalue weighted by Gasteiger charge is 2.40. The van der Waals surface area contributed by atoms with Gasteiger partial charge in [-0.05, 0) is 24.1 Å². The van der Waals surface area contributed by atoms with Crippen molar-refractivity contribution in [3.63, 3.8) is 0 Å². The van der Waals surface area contributed by atoms with E-state index in [4.69, 9.17) is 9.47 Å². The fourth-order valence-electron chi connectivity index (χ4n) is 4.09. The van der Waals surface area contributed by atoms with E-state index >= 15 is 0 Å². The van der Waals surface area contributed by atoms with E-state index in [-0.39, 0.29) is 18.1 Å². The summed E-state index contributed by atoms with van der Waals surface area (Å²) in [7, 11) is 0. The summed E-state index contributed by atoms with van der Waals surface area (Å²) < 4.78 is 11.8. The largest absolute Gasteiger partial charge is 0.494 e. The van der Waals surface area contributed by atoms with Gasteiger partial charge in [-0.25, -0.2) is 0 Å². The molecule has 2 saturated heterocycles. The number of rotatable bonds is 7. The van der Waals surface area contributed by atoms with Crippen molar-refractivity contribution in [1.82, 2.24) is 9.80 Å². The molecular formula is C23H28N2O3. The van der Waals surface area contributed by atoms with Crippen LogP contribution in [-0.4, -0.2) is 60.7 Å². The molecule has 2 fully saturated rings. The van der Waals surface area contributed by atoms with E-state index in [1.165, 1.54) is 5.56 Å². The predicted molar refractivity (Wildman–Crippen MR) is 108 cm³/mol. The first-order valence-corrected chi connectivity index (χ1v) is 10.1. The third kappa shape index (κ3) is 4.72. The van der Waals surface area contributed by atoms with Gasteiger partial charge in [0.2, 0.25) is 5.91 Å². The van der Waals surface area contributed by atoms with Crippen molar-refractivity contribution in [3.8, 4) is 5.75 Å². The van der Waals surface area contributed by atoms with Crippen molar-refractivity contribution in [2.24, 2.45) is 0 Å². The molecule has 148 valence electrons. The first-order valence-electron chi connectivity index (χ1n) is 10.1. The zero-order valence-corrected chi connectivity index (χ0v) is 16.2. The van der Waals surface area contributed by atoms with Gasteiger partial charge in [-0.1, -0.05) is 48.5 Å². The molecule has 0 saturated carbocycles. The summed E-state index contributed by atoms with van der Waals surface area (Å²) in [4.78, 5) is 17.1. The fraction of sp³-hybridized carbons (Fsp3) is 0.435. The van der Waals surface area contributed by atoms with Gasteiger partial charge < -0.3 is 14.4 Å². The molecule has 0 spiro atoms. The number of para-hydroxylation sites is 1. The van der Waals surface area contributed by atoms with Gasteiger partial charge in [0.1, 0.15) is 5.75 Å². The van der Waals surface area contributed by atoms with E-state index in [9.17, 15) is 4.79 Å². The Hall–Kier alpha value is -2.37. The maximum atomic E-state index is 12.7. The summed E-state index contributed by atoms with van der Waals surface area (Å²) in [6.07, 6.45) is 1.54. The van der Waals surface area contributed by atoms with Gasteiger partial charge in [0.15, 0.2) is 0 Å². The number of nitrogens with zero attached hydrogens (tertiary/aromatic N) is 2. The highest BCUT2D eigenvalue weighted by Crippen LogP contribution is 2.25. The minimum absolute atomic E-state index is 0.102. The maximum Gasteiger partial charge on any atom is 0.225 e. The Morgan fingerprint density at radius 3 is 2.54 bits per heavy atom. The van der Waals surface area contributed by atoms with Crippen LogP contribution in [0, 0.1) is 0 Å². The lowest BCUT2D eigenvalue weighted by Crippen LogP contribution is -2.45. The predicted octanol–water partition coefficient (Wildman–Crippen LogP) is 2.96. The lowest BCUT2D eigenvalue weighted by atomic mass is 10.1. The Labute approximate surface area is 166 Å². The number of fused-ring (bicyclic) bond motifs is 1. The van der Waals surface area contributed by atoms with Crippen LogP contribution in [-0.2, 0) is 16.1 Å². The van der Waals surface area contributed by atoms with E-state index < -0.39 is 0 Å². The molecule has 2 aromatic carbocycles. The quantitative estimate of drug-likeness (QED) is 0.693. The van der Waals surface area contributed by atoms with Crippen LogP contribution in [0.25, 0.3) is 0 Å². The summed E-state index contributed by atoms with van der Waals surface area (Å²) in [5, 5.41) is 0. The molecule has 2 aliphatic heterocycles. The van der Waals surface area contributed by atoms with Crippen molar-refractivity contribution >= 4 is 5.91 Å². The number of hydrogen-bond acceptors (Lipinski definition) is 4. The molecule has 2 aliphatic rings. The minimum Gasteiger partial charge on any atom is -0.494 e. The number of amides is 1. The molecule has 4 rings (SSSR count). The normalized spacial score (nSPS) is 22.7. The fourth-order valence-corrected chi connectivity index (χ4v) is 4.09. The summed E-state index contributed by atoms with van der Waals surface area (Å²) in [5.74, 6) is 1.11. The number of likely N-dealkylation sites (tertiary alicyclic amines) is 1. The van der Waals surface area contributed by atoms with Gasteiger partial charge in [-0.2, -0.15) is 0 Å². The average Bonchev–Trinajstić information content (AvgIpc) is 3.07. The number of ether oxygens (including phenoxy) is 2. The molecule has 5 nitrogen and oxygen atoms in total. The smallest absolute Gasteiger partial charge is 0.225 e. The van der Waals surface area contributed by atoms with Gasteiger partial charge in [-0.15, -0.1) is 0 Å². The summed E-state index contributed by atoms with van der Waals surface area (Å²) in [6.45, 7) is 4.59. The van der Waals surface area contributed by atoms with Crippen LogP contribution in [0.15, 0.2) is 60.7 Å². The van der Waals surface area contributed by atoms with Crippen LogP contribution in [0.2, 0.25) is 0 Å². The lowest BCUT2D eigenvalue weighted by molar-refractivity contribution is -0.133. The Morgan fingerprint density at radius 2 is 1.75 bits per heavy atom.